The summed E-state index contributed by atoms with van der Waals surface area (Å²) in [4.78, 5) is 5.29. The van der Waals surface area contributed by atoms with Crippen LogP contribution in [0.25, 0.3) is 5.70 Å². The Hall–Kier alpha value is -1.29. The first-order chi connectivity index (χ1) is 15.3. The summed E-state index contributed by atoms with van der Waals surface area (Å²) in [5, 5.41) is 7.82. The van der Waals surface area contributed by atoms with Gasteiger partial charge in [0, 0.05) is 23.9 Å². The van der Waals surface area contributed by atoms with Gasteiger partial charge in [0.2, 0.25) is 0 Å². The van der Waals surface area contributed by atoms with Gasteiger partial charge < -0.3 is 10.6 Å². The van der Waals surface area contributed by atoms with Crippen molar-refractivity contribution in [3.63, 3.8) is 0 Å². The molecule has 0 aromatic heterocycles. The predicted octanol–water partition coefficient (Wildman–Crippen LogP) is 7.49. The molecular weight excluding hydrogens is 458 g/mol. The number of benzene rings is 1. The molecule has 3 fully saturated rings. The standard InChI is InChI=1S/C28H43N3.BrH/c1-22-17-19-23(20-18-22)27(29-24-11-5-2-6-12-24)21-28(30-25-13-7-3-8-14-25)31-26-15-9-4-10-16-26;/h17-21,24-26,29H,2-16H2,1H3,(H,30,31);1H/b27-21-;. The van der Waals surface area contributed by atoms with E-state index in [9.17, 15) is 0 Å². The van der Waals surface area contributed by atoms with E-state index in [1.54, 1.807) is 0 Å². The lowest BCUT2D eigenvalue weighted by Gasteiger charge is -2.28. The fourth-order valence-electron chi connectivity index (χ4n) is 5.52. The van der Waals surface area contributed by atoms with E-state index < -0.39 is 0 Å². The molecule has 3 aliphatic rings. The third-order valence-corrected chi connectivity index (χ3v) is 7.46. The molecule has 0 bridgehead atoms. The van der Waals surface area contributed by atoms with Crippen molar-refractivity contribution in [3.05, 3.63) is 41.5 Å². The molecule has 0 saturated heterocycles. The zero-order valence-electron chi connectivity index (χ0n) is 20.1. The van der Waals surface area contributed by atoms with Crippen LogP contribution < -0.4 is 10.6 Å². The molecule has 178 valence electrons. The third kappa shape index (κ3) is 7.93. The van der Waals surface area contributed by atoms with Crippen LogP contribution in [0.15, 0.2) is 35.3 Å². The second-order valence-corrected chi connectivity index (χ2v) is 10.2. The van der Waals surface area contributed by atoms with Gasteiger partial charge in [-0.2, -0.15) is 0 Å². The zero-order valence-corrected chi connectivity index (χ0v) is 21.8. The first-order valence-corrected chi connectivity index (χ1v) is 13.2. The predicted molar refractivity (Wildman–Crippen MR) is 144 cm³/mol. The van der Waals surface area contributed by atoms with Crippen LogP contribution in [0.5, 0.6) is 0 Å². The van der Waals surface area contributed by atoms with Crippen LogP contribution in [0.4, 0.5) is 0 Å². The quantitative estimate of drug-likeness (QED) is 0.312. The Labute approximate surface area is 206 Å². The SMILES string of the molecule is Br.Cc1ccc(/C(=C/C(=NC2CCCCC2)NC2CCCCC2)NC2CCCCC2)cc1. The van der Waals surface area contributed by atoms with Crippen LogP contribution in [0.2, 0.25) is 0 Å². The van der Waals surface area contributed by atoms with Crippen molar-refractivity contribution in [3.8, 4) is 0 Å². The van der Waals surface area contributed by atoms with E-state index in [0.29, 0.717) is 18.1 Å². The lowest BCUT2D eigenvalue weighted by atomic mass is 9.94. The number of amidine groups is 1. The average Bonchev–Trinajstić information content (AvgIpc) is 2.81. The molecule has 3 saturated carbocycles. The Bertz CT molecular complexity index is 722. The van der Waals surface area contributed by atoms with E-state index in [2.05, 4.69) is 47.9 Å². The van der Waals surface area contributed by atoms with Crippen molar-refractivity contribution in [1.29, 1.82) is 0 Å². The van der Waals surface area contributed by atoms with Crippen LogP contribution in [-0.4, -0.2) is 24.0 Å². The average molecular weight is 503 g/mol. The molecule has 1 aromatic carbocycles. The minimum absolute atomic E-state index is 0. The number of nitrogens with one attached hydrogen (secondary N) is 2. The molecule has 0 unspecified atom stereocenters. The molecule has 0 radical (unpaired) electrons. The molecule has 32 heavy (non-hydrogen) atoms. The monoisotopic (exact) mass is 501 g/mol. The van der Waals surface area contributed by atoms with E-state index >= 15 is 0 Å². The van der Waals surface area contributed by atoms with Gasteiger partial charge in [-0.05, 0) is 51.0 Å². The molecule has 0 atom stereocenters. The Morgan fingerprint density at radius 3 is 1.78 bits per heavy atom. The summed E-state index contributed by atoms with van der Waals surface area (Å²) < 4.78 is 0. The van der Waals surface area contributed by atoms with Gasteiger partial charge in [-0.1, -0.05) is 87.6 Å². The van der Waals surface area contributed by atoms with Crippen LogP contribution in [-0.2, 0) is 0 Å². The summed E-state index contributed by atoms with van der Waals surface area (Å²) in [6.45, 7) is 2.17. The number of rotatable bonds is 6. The van der Waals surface area contributed by atoms with Crippen LogP contribution in [0.1, 0.15) is 107 Å². The maximum atomic E-state index is 5.29. The Kier molecular flexibility index (Phi) is 10.6. The fraction of sp³-hybridized carbons (Fsp3) is 0.679. The molecule has 4 rings (SSSR count). The van der Waals surface area contributed by atoms with Crippen molar-refractivity contribution in [1.82, 2.24) is 10.6 Å². The van der Waals surface area contributed by atoms with Crippen molar-refractivity contribution < 1.29 is 0 Å². The van der Waals surface area contributed by atoms with Gasteiger partial charge in [-0.15, -0.1) is 17.0 Å². The Balaban J connectivity index is 0.00000289. The van der Waals surface area contributed by atoms with Gasteiger partial charge in [-0.25, -0.2) is 0 Å². The third-order valence-electron chi connectivity index (χ3n) is 7.46. The smallest absolute Gasteiger partial charge is 0.123 e. The molecule has 0 spiro atoms. The van der Waals surface area contributed by atoms with E-state index in [0.717, 1.165) is 5.84 Å². The van der Waals surface area contributed by atoms with Gasteiger partial charge in [0.15, 0.2) is 0 Å². The maximum absolute atomic E-state index is 5.29. The molecule has 0 aliphatic heterocycles. The molecule has 0 amide bonds. The van der Waals surface area contributed by atoms with E-state index in [1.807, 2.05) is 0 Å². The number of aliphatic imine (C=N–C) groups is 1. The van der Waals surface area contributed by atoms with Crippen LogP contribution in [0, 0.1) is 6.92 Å². The molecular formula is C28H44BrN3. The van der Waals surface area contributed by atoms with Gasteiger partial charge in [0.05, 0.1) is 6.04 Å². The van der Waals surface area contributed by atoms with Gasteiger partial charge in [0.1, 0.15) is 5.84 Å². The topological polar surface area (TPSA) is 36.4 Å². The molecule has 1 aromatic rings. The summed E-state index contributed by atoms with van der Waals surface area (Å²) >= 11 is 0. The largest absolute Gasteiger partial charge is 0.382 e. The molecule has 3 aliphatic carbocycles. The molecule has 2 N–H and O–H groups in total. The normalized spacial score (nSPS) is 22.3. The summed E-state index contributed by atoms with van der Waals surface area (Å²) in [5.41, 5.74) is 3.86. The highest BCUT2D eigenvalue weighted by Gasteiger charge is 2.19. The van der Waals surface area contributed by atoms with Crippen molar-refractivity contribution in [2.75, 3.05) is 0 Å². The Morgan fingerprint density at radius 1 is 0.719 bits per heavy atom. The van der Waals surface area contributed by atoms with Crippen molar-refractivity contribution in [2.24, 2.45) is 4.99 Å². The Morgan fingerprint density at radius 2 is 1.22 bits per heavy atom. The number of aryl methyl sites for hydroxylation is 1. The number of halogens is 1. The summed E-state index contributed by atoms with van der Waals surface area (Å²) in [6, 6.07) is 10.7. The summed E-state index contributed by atoms with van der Waals surface area (Å²) in [5.74, 6) is 1.12. The summed E-state index contributed by atoms with van der Waals surface area (Å²) in [7, 11) is 0. The van der Waals surface area contributed by atoms with Gasteiger partial charge in [-0.3, -0.25) is 4.99 Å². The zero-order chi connectivity index (χ0) is 21.3. The minimum atomic E-state index is 0. The highest BCUT2D eigenvalue weighted by Crippen LogP contribution is 2.24. The lowest BCUT2D eigenvalue weighted by molar-refractivity contribution is 0.407. The molecule has 4 heteroatoms. The highest BCUT2D eigenvalue weighted by molar-refractivity contribution is 8.93. The highest BCUT2D eigenvalue weighted by atomic mass is 79.9. The van der Waals surface area contributed by atoms with Gasteiger partial charge in [0.25, 0.3) is 0 Å². The molecule has 3 nitrogen and oxygen atoms in total. The number of nitrogens with zero attached hydrogens (tertiary/aromatic N) is 1. The van der Waals surface area contributed by atoms with Crippen LogP contribution >= 0.6 is 17.0 Å². The minimum Gasteiger partial charge on any atom is -0.382 e. The van der Waals surface area contributed by atoms with E-state index in [-0.39, 0.29) is 17.0 Å². The number of hydrogen-bond donors (Lipinski definition) is 2. The maximum Gasteiger partial charge on any atom is 0.123 e. The second-order valence-electron chi connectivity index (χ2n) is 10.2. The van der Waals surface area contributed by atoms with Gasteiger partial charge >= 0.3 is 0 Å². The van der Waals surface area contributed by atoms with Crippen LogP contribution in [0.3, 0.4) is 0 Å². The first kappa shape index (κ1) is 25.3. The van der Waals surface area contributed by atoms with E-state index in [4.69, 9.17) is 4.99 Å². The summed E-state index contributed by atoms with van der Waals surface area (Å²) in [6.07, 6.45) is 22.2. The first-order valence-electron chi connectivity index (χ1n) is 13.2. The van der Waals surface area contributed by atoms with E-state index in [1.165, 1.54) is 113 Å². The number of hydrogen-bond acceptors (Lipinski definition) is 2. The second kappa shape index (κ2) is 13.4. The molecule has 0 heterocycles. The van der Waals surface area contributed by atoms with Crippen molar-refractivity contribution in [2.45, 2.75) is 121 Å². The lowest BCUT2D eigenvalue weighted by Crippen LogP contribution is -2.37. The fourth-order valence-corrected chi connectivity index (χ4v) is 5.52. The van der Waals surface area contributed by atoms with Crippen molar-refractivity contribution >= 4 is 28.5 Å².